The summed E-state index contributed by atoms with van der Waals surface area (Å²) in [5.74, 6) is 1.82. The topological polar surface area (TPSA) is 61.3 Å². The molecule has 2 rings (SSSR count). The molecule has 1 heterocycles. The molecule has 118 valence electrons. The molecule has 0 atom stereocenters. The second-order valence-corrected chi connectivity index (χ2v) is 6.15. The van der Waals surface area contributed by atoms with E-state index in [4.69, 9.17) is 0 Å². The Morgan fingerprint density at radius 3 is 2.76 bits per heavy atom. The third kappa shape index (κ3) is 4.48. The number of thioether (sulfide) groups is 1. The van der Waals surface area contributed by atoms with Crippen LogP contribution in [-0.4, -0.2) is 47.1 Å². The minimum absolute atomic E-state index is 0.160. The van der Waals surface area contributed by atoms with Crippen LogP contribution in [0.25, 0.3) is 0 Å². The van der Waals surface area contributed by atoms with Gasteiger partial charge in [0.1, 0.15) is 11.6 Å². The average molecular weight is 310 g/mol. The van der Waals surface area contributed by atoms with Crippen molar-refractivity contribution >= 4 is 23.4 Å². The van der Waals surface area contributed by atoms with E-state index in [-0.39, 0.29) is 6.61 Å². The number of aromatic nitrogens is 2. The summed E-state index contributed by atoms with van der Waals surface area (Å²) in [5.41, 5.74) is 0. The highest BCUT2D eigenvalue weighted by atomic mass is 32.2. The van der Waals surface area contributed by atoms with Gasteiger partial charge < -0.3 is 15.3 Å². The van der Waals surface area contributed by atoms with Crippen LogP contribution >= 0.6 is 11.8 Å². The molecule has 1 aromatic heterocycles. The molecule has 0 spiro atoms. The third-order valence-corrected chi connectivity index (χ3v) is 4.38. The lowest BCUT2D eigenvalue weighted by molar-refractivity contribution is 0.296. The highest BCUT2D eigenvalue weighted by Gasteiger charge is 2.24. The SMILES string of the molecule is CCCNc1cc(N(CCO)C2CCCC2)nc(SC)n1. The Labute approximate surface area is 131 Å². The first-order valence-corrected chi connectivity index (χ1v) is 9.05. The van der Waals surface area contributed by atoms with Crippen molar-refractivity contribution in [2.45, 2.75) is 50.2 Å². The second kappa shape index (κ2) is 8.44. The summed E-state index contributed by atoms with van der Waals surface area (Å²) >= 11 is 1.56. The van der Waals surface area contributed by atoms with Crippen LogP contribution in [0.4, 0.5) is 11.6 Å². The van der Waals surface area contributed by atoms with Crippen LogP contribution in [-0.2, 0) is 0 Å². The fourth-order valence-corrected chi connectivity index (χ4v) is 3.18. The number of hydrogen-bond donors (Lipinski definition) is 2. The summed E-state index contributed by atoms with van der Waals surface area (Å²) in [6.07, 6.45) is 7.99. The van der Waals surface area contributed by atoms with E-state index in [1.807, 2.05) is 12.3 Å². The maximum absolute atomic E-state index is 9.39. The van der Waals surface area contributed by atoms with E-state index in [0.29, 0.717) is 12.6 Å². The molecule has 1 saturated carbocycles. The smallest absolute Gasteiger partial charge is 0.191 e. The summed E-state index contributed by atoms with van der Waals surface area (Å²) in [7, 11) is 0. The standard InChI is InChI=1S/C15H26N4OS/c1-3-8-16-13-11-14(18-15(17-13)21-2)19(9-10-20)12-6-4-5-7-12/h11-12,20H,3-10H2,1-2H3,(H,16,17,18). The number of nitrogens with one attached hydrogen (secondary N) is 1. The van der Waals surface area contributed by atoms with E-state index in [9.17, 15) is 5.11 Å². The molecule has 1 aromatic rings. The molecule has 5 nitrogen and oxygen atoms in total. The van der Waals surface area contributed by atoms with Crippen molar-refractivity contribution in [3.05, 3.63) is 6.07 Å². The molecule has 21 heavy (non-hydrogen) atoms. The van der Waals surface area contributed by atoms with Gasteiger partial charge in [0, 0.05) is 25.2 Å². The maximum Gasteiger partial charge on any atom is 0.191 e. The molecule has 1 aliphatic rings. The van der Waals surface area contributed by atoms with Crippen molar-refractivity contribution in [3.63, 3.8) is 0 Å². The van der Waals surface area contributed by atoms with E-state index in [0.717, 1.165) is 29.8 Å². The number of rotatable bonds is 8. The minimum Gasteiger partial charge on any atom is -0.395 e. The monoisotopic (exact) mass is 310 g/mol. The Bertz CT molecular complexity index is 438. The quantitative estimate of drug-likeness (QED) is 0.569. The molecule has 0 amide bonds. The molecular formula is C15H26N4OS. The summed E-state index contributed by atoms with van der Waals surface area (Å²) < 4.78 is 0. The Morgan fingerprint density at radius 2 is 2.14 bits per heavy atom. The summed E-state index contributed by atoms with van der Waals surface area (Å²) in [5, 5.41) is 13.5. The molecule has 0 aromatic carbocycles. The van der Waals surface area contributed by atoms with Gasteiger partial charge in [-0.1, -0.05) is 31.5 Å². The molecule has 2 N–H and O–H groups in total. The second-order valence-electron chi connectivity index (χ2n) is 5.38. The molecule has 0 unspecified atom stereocenters. The van der Waals surface area contributed by atoms with Crippen molar-refractivity contribution in [1.29, 1.82) is 0 Å². The molecule has 1 aliphatic carbocycles. The molecule has 0 saturated heterocycles. The lowest BCUT2D eigenvalue weighted by Gasteiger charge is -2.29. The lowest BCUT2D eigenvalue weighted by atomic mass is 10.2. The van der Waals surface area contributed by atoms with Crippen LogP contribution in [0, 0.1) is 0 Å². The Morgan fingerprint density at radius 1 is 1.38 bits per heavy atom. The number of nitrogens with zero attached hydrogens (tertiary/aromatic N) is 3. The van der Waals surface area contributed by atoms with Crippen LogP contribution in [0.5, 0.6) is 0 Å². The van der Waals surface area contributed by atoms with Gasteiger partial charge in [-0.05, 0) is 25.5 Å². The predicted octanol–water partition coefficient (Wildman–Crippen LogP) is 2.76. The third-order valence-electron chi connectivity index (χ3n) is 3.83. The molecule has 1 fully saturated rings. The van der Waals surface area contributed by atoms with Crippen LogP contribution in [0.1, 0.15) is 39.0 Å². The van der Waals surface area contributed by atoms with Crippen molar-refractivity contribution in [2.75, 3.05) is 36.2 Å². The van der Waals surface area contributed by atoms with E-state index in [1.54, 1.807) is 11.8 Å². The van der Waals surface area contributed by atoms with Gasteiger partial charge in [-0.3, -0.25) is 0 Å². The summed E-state index contributed by atoms with van der Waals surface area (Å²) in [4.78, 5) is 11.4. The van der Waals surface area contributed by atoms with Crippen molar-refractivity contribution in [2.24, 2.45) is 0 Å². The fraction of sp³-hybridized carbons (Fsp3) is 0.733. The number of aliphatic hydroxyl groups excluding tert-OH is 1. The maximum atomic E-state index is 9.39. The molecule has 6 heteroatoms. The van der Waals surface area contributed by atoms with Gasteiger partial charge in [-0.2, -0.15) is 0 Å². The molecule has 0 bridgehead atoms. The number of aliphatic hydroxyl groups is 1. The summed E-state index contributed by atoms with van der Waals surface area (Å²) in [6, 6.07) is 2.52. The van der Waals surface area contributed by atoms with Gasteiger partial charge in [0.05, 0.1) is 6.61 Å². The molecular weight excluding hydrogens is 284 g/mol. The Kier molecular flexibility index (Phi) is 6.57. The Hall–Kier alpha value is -1.01. The van der Waals surface area contributed by atoms with E-state index in [1.165, 1.54) is 25.7 Å². The number of anilines is 2. The predicted molar refractivity (Wildman–Crippen MR) is 89.3 cm³/mol. The lowest BCUT2D eigenvalue weighted by Crippen LogP contribution is -2.36. The highest BCUT2D eigenvalue weighted by molar-refractivity contribution is 7.98. The number of hydrogen-bond acceptors (Lipinski definition) is 6. The first kappa shape index (κ1) is 16.4. The van der Waals surface area contributed by atoms with Crippen molar-refractivity contribution < 1.29 is 5.11 Å². The van der Waals surface area contributed by atoms with Crippen LogP contribution < -0.4 is 10.2 Å². The minimum atomic E-state index is 0.160. The van der Waals surface area contributed by atoms with Crippen molar-refractivity contribution in [1.82, 2.24) is 9.97 Å². The fourth-order valence-electron chi connectivity index (χ4n) is 2.80. The zero-order valence-electron chi connectivity index (χ0n) is 13.0. The Balaban J connectivity index is 2.24. The van der Waals surface area contributed by atoms with Crippen LogP contribution in [0.2, 0.25) is 0 Å². The normalized spacial score (nSPS) is 15.4. The molecule has 0 aliphatic heterocycles. The van der Waals surface area contributed by atoms with Gasteiger partial charge in [0.15, 0.2) is 5.16 Å². The molecule has 0 radical (unpaired) electrons. The zero-order chi connectivity index (χ0) is 15.1. The van der Waals surface area contributed by atoms with Gasteiger partial charge in [-0.25, -0.2) is 9.97 Å². The first-order chi connectivity index (χ1) is 10.3. The average Bonchev–Trinajstić information content (AvgIpc) is 3.04. The first-order valence-electron chi connectivity index (χ1n) is 7.83. The van der Waals surface area contributed by atoms with Crippen molar-refractivity contribution in [3.8, 4) is 0 Å². The van der Waals surface area contributed by atoms with Gasteiger partial charge in [0.2, 0.25) is 0 Å². The summed E-state index contributed by atoms with van der Waals surface area (Å²) in [6.45, 7) is 3.85. The van der Waals surface area contributed by atoms with Crippen LogP contribution in [0.15, 0.2) is 11.2 Å². The van der Waals surface area contributed by atoms with Crippen LogP contribution in [0.3, 0.4) is 0 Å². The zero-order valence-corrected chi connectivity index (χ0v) is 13.8. The van der Waals surface area contributed by atoms with Gasteiger partial charge in [0.25, 0.3) is 0 Å². The van der Waals surface area contributed by atoms with E-state index < -0.39 is 0 Å². The van der Waals surface area contributed by atoms with Gasteiger partial charge in [-0.15, -0.1) is 0 Å². The van der Waals surface area contributed by atoms with Gasteiger partial charge >= 0.3 is 0 Å². The largest absolute Gasteiger partial charge is 0.395 e. The highest BCUT2D eigenvalue weighted by Crippen LogP contribution is 2.29. The van der Waals surface area contributed by atoms with E-state index in [2.05, 4.69) is 27.1 Å². The van der Waals surface area contributed by atoms with E-state index >= 15 is 0 Å².